The smallest absolute Gasteiger partial charge is 0.225 e. The predicted molar refractivity (Wildman–Crippen MR) is 88.6 cm³/mol. The molecular weight excluding hydrogens is 305 g/mol. The summed E-state index contributed by atoms with van der Waals surface area (Å²) in [5, 5.41) is 2.92. The lowest BCUT2D eigenvalue weighted by molar-refractivity contribution is -0.115. The molecule has 0 aliphatic rings. The Morgan fingerprint density at radius 1 is 1.14 bits per heavy atom. The summed E-state index contributed by atoms with van der Waals surface area (Å²) in [6.07, 6.45) is 2.40. The van der Waals surface area contributed by atoms with Crippen LogP contribution in [0.2, 0.25) is 0 Å². The minimum Gasteiger partial charge on any atom is -0.325 e. The minimum atomic E-state index is -0.245. The maximum atomic E-state index is 12.8. The Morgan fingerprint density at radius 3 is 2.57 bits per heavy atom. The summed E-state index contributed by atoms with van der Waals surface area (Å²) in [6.45, 7) is 0. The summed E-state index contributed by atoms with van der Waals surface area (Å²) in [4.78, 5) is 14.0. The van der Waals surface area contributed by atoms with Gasteiger partial charge in [-0.2, -0.15) is 0 Å². The van der Waals surface area contributed by atoms with Crippen molar-refractivity contribution in [2.75, 3.05) is 17.3 Å². The van der Waals surface area contributed by atoms with Gasteiger partial charge in [0.05, 0.1) is 5.69 Å². The molecule has 0 fully saturated rings. The molecule has 5 heteroatoms. The molecule has 0 bridgehead atoms. The monoisotopic (exact) mass is 321 g/mol. The summed E-state index contributed by atoms with van der Waals surface area (Å²) in [7, 11) is 0. The summed E-state index contributed by atoms with van der Waals surface area (Å²) in [5.74, 6) is 0.413. The molecule has 0 aliphatic carbocycles. The van der Waals surface area contributed by atoms with Gasteiger partial charge in [-0.25, -0.2) is 4.39 Å². The van der Waals surface area contributed by atoms with E-state index in [0.29, 0.717) is 12.2 Å². The van der Waals surface area contributed by atoms with Crippen molar-refractivity contribution >= 4 is 35.1 Å². The van der Waals surface area contributed by atoms with E-state index in [0.717, 1.165) is 15.5 Å². The van der Waals surface area contributed by atoms with E-state index in [1.807, 2.05) is 30.5 Å². The second-order valence-corrected chi connectivity index (χ2v) is 6.32. The number of carbonyl (C=O) groups excluding carboxylic acids is 1. The first-order valence-electron chi connectivity index (χ1n) is 6.50. The molecule has 110 valence electrons. The third kappa shape index (κ3) is 5.10. The quantitative estimate of drug-likeness (QED) is 0.784. The zero-order valence-corrected chi connectivity index (χ0v) is 13.3. The van der Waals surface area contributed by atoms with E-state index in [1.54, 1.807) is 35.7 Å². The van der Waals surface area contributed by atoms with Crippen molar-refractivity contribution in [2.24, 2.45) is 0 Å². The Bertz CT molecular complexity index is 601. The van der Waals surface area contributed by atoms with Crippen molar-refractivity contribution < 1.29 is 9.18 Å². The number of rotatable bonds is 6. The van der Waals surface area contributed by atoms with Crippen molar-refractivity contribution in [1.29, 1.82) is 0 Å². The van der Waals surface area contributed by atoms with Gasteiger partial charge in [0.2, 0.25) is 5.91 Å². The molecule has 2 aromatic rings. The number of benzene rings is 2. The Morgan fingerprint density at radius 2 is 1.86 bits per heavy atom. The molecule has 0 radical (unpaired) electrons. The highest BCUT2D eigenvalue weighted by atomic mass is 32.2. The normalized spacial score (nSPS) is 10.4. The number of hydrogen-bond donors (Lipinski definition) is 1. The van der Waals surface area contributed by atoms with E-state index in [4.69, 9.17) is 0 Å². The Balaban J connectivity index is 1.81. The third-order valence-corrected chi connectivity index (χ3v) is 4.60. The van der Waals surface area contributed by atoms with E-state index >= 15 is 0 Å². The molecule has 0 atom stereocenters. The van der Waals surface area contributed by atoms with Crippen LogP contribution in [-0.4, -0.2) is 17.9 Å². The second-order valence-electron chi connectivity index (χ2n) is 4.30. The molecule has 1 amide bonds. The lowest BCUT2D eigenvalue weighted by Gasteiger charge is -2.09. The Labute approximate surface area is 132 Å². The highest BCUT2D eigenvalue weighted by Crippen LogP contribution is 2.25. The van der Waals surface area contributed by atoms with Crippen LogP contribution in [0.5, 0.6) is 0 Å². The van der Waals surface area contributed by atoms with Gasteiger partial charge in [-0.1, -0.05) is 12.1 Å². The van der Waals surface area contributed by atoms with Gasteiger partial charge < -0.3 is 5.32 Å². The summed E-state index contributed by atoms with van der Waals surface area (Å²) in [5.41, 5.74) is 0.849. The molecule has 0 saturated carbocycles. The van der Waals surface area contributed by atoms with E-state index < -0.39 is 0 Å². The first-order chi connectivity index (χ1) is 10.2. The first kappa shape index (κ1) is 15.9. The van der Waals surface area contributed by atoms with Gasteiger partial charge in [0, 0.05) is 22.0 Å². The van der Waals surface area contributed by atoms with Gasteiger partial charge in [0.1, 0.15) is 5.82 Å². The SMILES string of the molecule is CSc1ccccc1NC(=O)CCSc1ccc(F)cc1. The van der Waals surface area contributed by atoms with Gasteiger partial charge in [0.25, 0.3) is 0 Å². The van der Waals surface area contributed by atoms with Crippen LogP contribution < -0.4 is 5.32 Å². The molecule has 0 aromatic heterocycles. The molecule has 0 aliphatic heterocycles. The zero-order chi connectivity index (χ0) is 15.1. The van der Waals surface area contributed by atoms with Gasteiger partial charge in [-0.3, -0.25) is 4.79 Å². The molecular formula is C16H16FNOS2. The van der Waals surface area contributed by atoms with Gasteiger partial charge in [0.15, 0.2) is 0 Å². The van der Waals surface area contributed by atoms with E-state index in [2.05, 4.69) is 5.32 Å². The average Bonchev–Trinajstić information content (AvgIpc) is 2.50. The summed E-state index contributed by atoms with van der Waals surface area (Å²) < 4.78 is 12.8. The lowest BCUT2D eigenvalue weighted by Crippen LogP contribution is -2.12. The second kappa shape index (κ2) is 8.10. The highest BCUT2D eigenvalue weighted by molar-refractivity contribution is 7.99. The molecule has 21 heavy (non-hydrogen) atoms. The van der Waals surface area contributed by atoms with Crippen LogP contribution in [0, 0.1) is 5.82 Å². The lowest BCUT2D eigenvalue weighted by atomic mass is 10.3. The third-order valence-electron chi connectivity index (χ3n) is 2.79. The molecule has 2 rings (SSSR count). The fourth-order valence-corrected chi connectivity index (χ4v) is 3.16. The fraction of sp³-hybridized carbons (Fsp3) is 0.188. The molecule has 1 N–H and O–H groups in total. The molecule has 0 spiro atoms. The van der Waals surface area contributed by atoms with Crippen LogP contribution in [0.1, 0.15) is 6.42 Å². The fourth-order valence-electron chi connectivity index (χ4n) is 1.75. The minimum absolute atomic E-state index is 0.00823. The number of anilines is 1. The summed E-state index contributed by atoms with van der Waals surface area (Å²) >= 11 is 3.15. The van der Waals surface area contributed by atoms with E-state index in [1.165, 1.54) is 12.1 Å². The van der Waals surface area contributed by atoms with Crippen molar-refractivity contribution in [1.82, 2.24) is 0 Å². The Hall–Kier alpha value is -1.46. The molecule has 2 aromatic carbocycles. The number of halogens is 1. The molecule has 0 unspecified atom stereocenters. The predicted octanol–water partition coefficient (Wildman–Crippen LogP) is 4.67. The van der Waals surface area contributed by atoms with Crippen molar-refractivity contribution in [2.45, 2.75) is 16.2 Å². The van der Waals surface area contributed by atoms with Gasteiger partial charge >= 0.3 is 0 Å². The maximum absolute atomic E-state index is 12.8. The number of carbonyl (C=O) groups is 1. The maximum Gasteiger partial charge on any atom is 0.225 e. The number of para-hydroxylation sites is 1. The zero-order valence-electron chi connectivity index (χ0n) is 11.6. The van der Waals surface area contributed by atoms with Crippen LogP contribution in [0.15, 0.2) is 58.3 Å². The summed E-state index contributed by atoms with van der Waals surface area (Å²) in [6, 6.07) is 14.0. The van der Waals surface area contributed by atoms with Crippen LogP contribution in [-0.2, 0) is 4.79 Å². The van der Waals surface area contributed by atoms with E-state index in [-0.39, 0.29) is 11.7 Å². The first-order valence-corrected chi connectivity index (χ1v) is 8.71. The molecule has 2 nitrogen and oxygen atoms in total. The van der Waals surface area contributed by atoms with Gasteiger partial charge in [-0.15, -0.1) is 23.5 Å². The van der Waals surface area contributed by atoms with Crippen LogP contribution in [0.25, 0.3) is 0 Å². The van der Waals surface area contributed by atoms with Gasteiger partial charge in [-0.05, 0) is 42.7 Å². The number of hydrogen-bond acceptors (Lipinski definition) is 3. The highest BCUT2D eigenvalue weighted by Gasteiger charge is 2.06. The number of amides is 1. The number of nitrogens with one attached hydrogen (secondary N) is 1. The van der Waals surface area contributed by atoms with Crippen LogP contribution in [0.4, 0.5) is 10.1 Å². The van der Waals surface area contributed by atoms with Crippen molar-refractivity contribution in [3.8, 4) is 0 Å². The number of thioether (sulfide) groups is 2. The molecule has 0 saturated heterocycles. The van der Waals surface area contributed by atoms with Crippen LogP contribution >= 0.6 is 23.5 Å². The Kier molecular flexibility index (Phi) is 6.14. The standard InChI is InChI=1S/C16H16FNOS2/c1-20-15-5-3-2-4-14(15)18-16(19)10-11-21-13-8-6-12(17)7-9-13/h2-9H,10-11H2,1H3,(H,18,19). The topological polar surface area (TPSA) is 29.1 Å². The average molecular weight is 321 g/mol. The largest absolute Gasteiger partial charge is 0.325 e. The van der Waals surface area contributed by atoms with Crippen molar-refractivity contribution in [3.05, 3.63) is 54.3 Å². The van der Waals surface area contributed by atoms with Crippen molar-refractivity contribution in [3.63, 3.8) is 0 Å². The molecule has 0 heterocycles. The van der Waals surface area contributed by atoms with E-state index in [9.17, 15) is 9.18 Å². The van der Waals surface area contributed by atoms with Crippen LogP contribution in [0.3, 0.4) is 0 Å².